The Hall–Kier alpha value is -5.01. The minimum atomic E-state index is -0.454. The van der Waals surface area contributed by atoms with Gasteiger partial charge in [0.1, 0.15) is 11.5 Å². The van der Waals surface area contributed by atoms with E-state index in [9.17, 15) is 9.59 Å². The fourth-order valence-corrected chi connectivity index (χ4v) is 6.64. The normalized spacial score (nSPS) is 15.7. The van der Waals surface area contributed by atoms with Crippen molar-refractivity contribution in [1.29, 1.82) is 0 Å². The molecule has 7 rings (SSSR count). The van der Waals surface area contributed by atoms with E-state index in [2.05, 4.69) is 36.4 Å². The van der Waals surface area contributed by atoms with E-state index < -0.39 is 5.97 Å². The van der Waals surface area contributed by atoms with Crippen LogP contribution in [0.3, 0.4) is 0 Å². The number of aryl methyl sites for hydroxylation is 1. The maximum atomic E-state index is 13.9. The third kappa shape index (κ3) is 4.67. The number of benzene rings is 4. The van der Waals surface area contributed by atoms with Gasteiger partial charge in [0, 0.05) is 5.56 Å². The lowest BCUT2D eigenvalue weighted by molar-refractivity contribution is 0.0734. The first-order chi connectivity index (χ1) is 20.6. The smallest absolute Gasteiger partial charge is 0.343 e. The van der Waals surface area contributed by atoms with Crippen molar-refractivity contribution in [3.63, 3.8) is 0 Å². The zero-order valence-corrected chi connectivity index (χ0v) is 23.6. The predicted molar refractivity (Wildman–Crippen MR) is 164 cm³/mol. The Morgan fingerprint density at radius 2 is 1.60 bits per heavy atom. The van der Waals surface area contributed by atoms with Gasteiger partial charge in [-0.05, 0) is 77.6 Å². The minimum Gasteiger partial charge on any atom is -0.497 e. The fraction of sp³-hybridized carbons (Fsp3) is 0.114. The van der Waals surface area contributed by atoms with Crippen molar-refractivity contribution in [3.8, 4) is 11.5 Å². The molecule has 1 aromatic heterocycles. The van der Waals surface area contributed by atoms with E-state index in [0.717, 1.165) is 35.2 Å². The van der Waals surface area contributed by atoms with Gasteiger partial charge in [-0.2, -0.15) is 0 Å². The number of hydrogen-bond acceptors (Lipinski definition) is 6. The van der Waals surface area contributed by atoms with Gasteiger partial charge in [-0.1, -0.05) is 78.1 Å². The summed E-state index contributed by atoms with van der Waals surface area (Å²) in [6, 6.07) is 32.3. The molecule has 0 saturated carbocycles. The van der Waals surface area contributed by atoms with Gasteiger partial charge in [-0.25, -0.2) is 9.79 Å². The fourth-order valence-electron chi connectivity index (χ4n) is 5.63. The van der Waals surface area contributed by atoms with Gasteiger partial charge in [0.15, 0.2) is 4.80 Å². The van der Waals surface area contributed by atoms with Crippen LogP contribution in [0.25, 0.3) is 11.8 Å². The molecule has 1 atom stereocenters. The summed E-state index contributed by atoms with van der Waals surface area (Å²) in [5, 5.41) is 0. The first kappa shape index (κ1) is 25.9. The number of carbonyl (C=O) groups excluding carboxylic acids is 1. The highest BCUT2D eigenvalue weighted by molar-refractivity contribution is 7.07. The molecule has 0 saturated heterocycles. The Morgan fingerprint density at radius 3 is 2.36 bits per heavy atom. The second-order valence-corrected chi connectivity index (χ2v) is 11.2. The molecule has 0 unspecified atom stereocenters. The molecule has 1 aliphatic heterocycles. The van der Waals surface area contributed by atoms with Crippen molar-refractivity contribution in [3.05, 3.63) is 156 Å². The van der Waals surface area contributed by atoms with Crippen LogP contribution in [-0.2, 0) is 6.42 Å². The summed E-state index contributed by atoms with van der Waals surface area (Å²) < 4.78 is 13.1. The summed E-state index contributed by atoms with van der Waals surface area (Å²) in [6.45, 7) is 0. The van der Waals surface area contributed by atoms with Crippen LogP contribution in [0.2, 0.25) is 0 Å². The summed E-state index contributed by atoms with van der Waals surface area (Å²) >= 11 is 1.40. The summed E-state index contributed by atoms with van der Waals surface area (Å²) in [5.74, 6) is 0.635. The monoisotopic (exact) mass is 570 g/mol. The molecule has 2 aliphatic rings. The Morgan fingerprint density at radius 1 is 0.881 bits per heavy atom. The summed E-state index contributed by atoms with van der Waals surface area (Å²) in [6.07, 6.45) is 3.65. The van der Waals surface area contributed by atoms with Crippen molar-refractivity contribution in [1.82, 2.24) is 4.57 Å². The van der Waals surface area contributed by atoms with Crippen LogP contribution < -0.4 is 24.4 Å². The van der Waals surface area contributed by atoms with Crippen molar-refractivity contribution in [2.75, 3.05) is 7.11 Å². The van der Waals surface area contributed by atoms with Crippen LogP contribution >= 0.6 is 11.3 Å². The molecule has 0 amide bonds. The Kier molecular flexibility index (Phi) is 6.64. The number of carbonyl (C=O) groups is 1. The molecule has 206 valence electrons. The van der Waals surface area contributed by atoms with Crippen molar-refractivity contribution >= 4 is 29.1 Å². The molecule has 4 aromatic carbocycles. The lowest BCUT2D eigenvalue weighted by atomic mass is 9.83. The number of allylic oxidation sites excluding steroid dienone is 1. The first-order valence-corrected chi connectivity index (χ1v) is 14.5. The molecule has 0 radical (unpaired) electrons. The molecule has 6 nitrogen and oxygen atoms in total. The van der Waals surface area contributed by atoms with Gasteiger partial charge >= 0.3 is 5.97 Å². The molecular formula is C35H26N2O4S. The number of aromatic nitrogens is 1. The topological polar surface area (TPSA) is 69.9 Å². The van der Waals surface area contributed by atoms with E-state index in [0.29, 0.717) is 26.4 Å². The number of esters is 1. The van der Waals surface area contributed by atoms with Crippen LogP contribution in [-0.4, -0.2) is 17.6 Å². The Bertz CT molecular complexity index is 2020. The van der Waals surface area contributed by atoms with Gasteiger partial charge in [0.05, 0.1) is 28.9 Å². The van der Waals surface area contributed by atoms with Crippen LogP contribution in [0.5, 0.6) is 11.5 Å². The SMILES string of the molecule is COc1ccc(C(=O)Oc2ccc(/C=c3\sc4n(c3=O)[C@H](c3ccccc3)C3=C(N=4)c4ccccc4CC3)cc2)cc1. The Balaban J connectivity index is 1.24. The standard InChI is InChI=1S/C35H26N2O4S/c1-40-26-18-13-25(14-19-26)34(39)41-27-16-11-22(12-17-27)21-30-33(38)37-32(24-8-3-2-4-9-24)29-20-15-23-7-5-6-10-28(23)31(29)36-35(37)42-30/h2-14,16-19,21,32H,15,20H2,1H3/b30-21-/t32-/m1/s1. The molecule has 1 aliphatic carbocycles. The average molecular weight is 571 g/mol. The number of thiazole rings is 1. The van der Waals surface area contributed by atoms with Gasteiger partial charge in [0.25, 0.3) is 5.56 Å². The number of ether oxygens (including phenoxy) is 2. The van der Waals surface area contributed by atoms with Gasteiger partial charge in [0.2, 0.25) is 0 Å². The average Bonchev–Trinajstić information content (AvgIpc) is 3.35. The number of fused-ring (bicyclic) bond motifs is 3. The van der Waals surface area contributed by atoms with Gasteiger partial charge in [-0.15, -0.1) is 0 Å². The molecule has 42 heavy (non-hydrogen) atoms. The highest BCUT2D eigenvalue weighted by Gasteiger charge is 2.32. The van der Waals surface area contributed by atoms with E-state index in [1.807, 2.05) is 41.0 Å². The van der Waals surface area contributed by atoms with Crippen molar-refractivity contribution < 1.29 is 14.3 Å². The molecule has 0 spiro atoms. The number of methoxy groups -OCH3 is 1. The molecular weight excluding hydrogens is 544 g/mol. The van der Waals surface area contributed by atoms with Gasteiger partial charge < -0.3 is 9.47 Å². The molecule has 5 aromatic rings. The van der Waals surface area contributed by atoms with E-state index in [1.54, 1.807) is 43.5 Å². The zero-order chi connectivity index (χ0) is 28.6. The lowest BCUT2D eigenvalue weighted by Crippen LogP contribution is -2.38. The molecule has 0 N–H and O–H groups in total. The quantitative estimate of drug-likeness (QED) is 0.205. The van der Waals surface area contributed by atoms with Crippen LogP contribution in [0.1, 0.15) is 45.1 Å². The van der Waals surface area contributed by atoms with Crippen LogP contribution in [0.4, 0.5) is 0 Å². The number of rotatable bonds is 5. The van der Waals surface area contributed by atoms with E-state index in [1.165, 1.54) is 22.5 Å². The first-order valence-electron chi connectivity index (χ1n) is 13.7. The second-order valence-electron chi connectivity index (χ2n) is 10.2. The van der Waals surface area contributed by atoms with Crippen LogP contribution in [0.15, 0.2) is 118 Å². The summed E-state index contributed by atoms with van der Waals surface area (Å²) in [5.41, 5.74) is 6.89. The third-order valence-corrected chi connectivity index (χ3v) is 8.69. The van der Waals surface area contributed by atoms with E-state index in [4.69, 9.17) is 14.5 Å². The van der Waals surface area contributed by atoms with E-state index >= 15 is 0 Å². The maximum absolute atomic E-state index is 13.9. The predicted octanol–water partition coefficient (Wildman–Crippen LogP) is 5.55. The highest BCUT2D eigenvalue weighted by Crippen LogP contribution is 2.41. The number of nitrogens with zero attached hydrogens (tertiary/aromatic N) is 2. The lowest BCUT2D eigenvalue weighted by Gasteiger charge is -2.30. The molecule has 2 heterocycles. The molecule has 0 fully saturated rings. The van der Waals surface area contributed by atoms with Crippen molar-refractivity contribution in [2.24, 2.45) is 4.99 Å². The third-order valence-electron chi connectivity index (χ3n) is 7.70. The van der Waals surface area contributed by atoms with Crippen molar-refractivity contribution in [2.45, 2.75) is 18.9 Å². The largest absolute Gasteiger partial charge is 0.497 e. The number of hydrogen-bond donors (Lipinski definition) is 0. The van der Waals surface area contributed by atoms with Gasteiger partial charge in [-0.3, -0.25) is 9.36 Å². The maximum Gasteiger partial charge on any atom is 0.343 e. The van der Waals surface area contributed by atoms with E-state index in [-0.39, 0.29) is 11.6 Å². The molecule has 0 bridgehead atoms. The second kappa shape index (κ2) is 10.8. The zero-order valence-electron chi connectivity index (χ0n) is 22.8. The highest BCUT2D eigenvalue weighted by atomic mass is 32.1. The van der Waals surface area contributed by atoms with Crippen LogP contribution in [0, 0.1) is 0 Å². The summed E-state index contributed by atoms with van der Waals surface area (Å²) in [4.78, 5) is 32.2. The minimum absolute atomic E-state index is 0.0620. The molecule has 7 heteroatoms. The summed E-state index contributed by atoms with van der Waals surface area (Å²) in [7, 11) is 1.57. The Labute approximate surface area is 246 Å².